The number of amides is 2. The van der Waals surface area contributed by atoms with Crippen molar-refractivity contribution in [2.45, 2.75) is 12.5 Å². The van der Waals surface area contributed by atoms with E-state index in [0.29, 0.717) is 17.8 Å². The number of fused-ring (bicyclic) bond motifs is 1. The van der Waals surface area contributed by atoms with Crippen LogP contribution in [0, 0.1) is 0 Å². The molecule has 2 amide bonds. The summed E-state index contributed by atoms with van der Waals surface area (Å²) in [5, 5.41) is 14.6. The number of carbonyl (C=O) groups excluding carboxylic acids is 2. The number of aromatic hydroxyl groups is 1. The van der Waals surface area contributed by atoms with Crippen molar-refractivity contribution in [3.63, 3.8) is 0 Å². The van der Waals surface area contributed by atoms with Crippen LogP contribution in [0.15, 0.2) is 36.5 Å². The van der Waals surface area contributed by atoms with Crippen LogP contribution in [0.1, 0.15) is 16.1 Å². The summed E-state index contributed by atoms with van der Waals surface area (Å²) in [5.41, 5.74) is 1.70. The van der Waals surface area contributed by atoms with E-state index < -0.39 is 6.04 Å². The Labute approximate surface area is 114 Å². The maximum atomic E-state index is 12.1. The van der Waals surface area contributed by atoms with Gasteiger partial charge in [-0.2, -0.15) is 0 Å². The van der Waals surface area contributed by atoms with Crippen LogP contribution in [0.25, 0.3) is 0 Å². The Morgan fingerprint density at radius 3 is 2.60 bits per heavy atom. The summed E-state index contributed by atoms with van der Waals surface area (Å²) in [6.07, 6.45) is 1.97. The molecule has 20 heavy (non-hydrogen) atoms. The number of nitrogens with one attached hydrogen (secondary N) is 3. The highest BCUT2D eigenvalue weighted by atomic mass is 16.3. The van der Waals surface area contributed by atoms with Gasteiger partial charge in [-0.3, -0.25) is 9.59 Å². The van der Waals surface area contributed by atoms with Crippen LogP contribution in [-0.2, 0) is 11.2 Å². The van der Waals surface area contributed by atoms with Crippen molar-refractivity contribution in [1.29, 1.82) is 0 Å². The van der Waals surface area contributed by atoms with E-state index in [2.05, 4.69) is 15.6 Å². The number of phenolic OH excluding ortho intramolecular Hbond substituents is 1. The summed E-state index contributed by atoms with van der Waals surface area (Å²) in [6.45, 7) is 0. The molecule has 0 fully saturated rings. The molecule has 0 radical (unpaired) electrons. The molecule has 1 aromatic heterocycles. The van der Waals surface area contributed by atoms with E-state index in [-0.39, 0.29) is 17.6 Å². The number of aromatic amines is 1. The molecule has 6 nitrogen and oxygen atoms in total. The fourth-order valence-corrected chi connectivity index (χ4v) is 2.19. The highest BCUT2D eigenvalue weighted by molar-refractivity contribution is 6.08. The van der Waals surface area contributed by atoms with Crippen molar-refractivity contribution in [3.05, 3.63) is 47.8 Å². The van der Waals surface area contributed by atoms with E-state index in [1.165, 1.54) is 0 Å². The lowest BCUT2D eigenvalue weighted by Gasteiger charge is -2.14. The van der Waals surface area contributed by atoms with Crippen molar-refractivity contribution < 1.29 is 14.7 Å². The lowest BCUT2D eigenvalue weighted by atomic mass is 10.1. The summed E-state index contributed by atoms with van der Waals surface area (Å²) in [6, 6.07) is 7.55. The van der Waals surface area contributed by atoms with Crippen molar-refractivity contribution >= 4 is 17.5 Å². The van der Waals surface area contributed by atoms with Crippen LogP contribution in [-0.4, -0.2) is 27.9 Å². The molecule has 0 saturated carbocycles. The number of aromatic nitrogens is 1. The van der Waals surface area contributed by atoms with Gasteiger partial charge in [0.2, 0.25) is 5.91 Å². The van der Waals surface area contributed by atoms with Gasteiger partial charge in [-0.15, -0.1) is 0 Å². The predicted molar refractivity (Wildman–Crippen MR) is 72.5 cm³/mol. The summed E-state index contributed by atoms with van der Waals surface area (Å²) in [7, 11) is 0. The van der Waals surface area contributed by atoms with Gasteiger partial charge in [0.1, 0.15) is 17.5 Å². The second-order valence-corrected chi connectivity index (χ2v) is 4.65. The molecule has 1 atom stereocenters. The number of hydrogen-bond acceptors (Lipinski definition) is 3. The minimum Gasteiger partial charge on any atom is -0.508 e. The number of benzene rings is 1. The maximum Gasteiger partial charge on any atom is 0.270 e. The number of H-pyrrole nitrogens is 1. The molecular weight excluding hydrogens is 258 g/mol. The van der Waals surface area contributed by atoms with Crippen LogP contribution in [0.2, 0.25) is 0 Å². The molecule has 4 N–H and O–H groups in total. The fraction of sp³-hybridized carbons (Fsp3) is 0.143. The number of carbonyl (C=O) groups is 2. The molecule has 2 aromatic rings. The zero-order valence-corrected chi connectivity index (χ0v) is 10.5. The quantitative estimate of drug-likeness (QED) is 0.656. The van der Waals surface area contributed by atoms with Crippen LogP contribution in [0.3, 0.4) is 0 Å². The molecule has 0 saturated heterocycles. The third-order valence-electron chi connectivity index (χ3n) is 3.23. The van der Waals surface area contributed by atoms with Gasteiger partial charge in [-0.25, -0.2) is 0 Å². The van der Waals surface area contributed by atoms with Crippen molar-refractivity contribution in [2.75, 3.05) is 5.32 Å². The fourth-order valence-electron chi connectivity index (χ4n) is 2.19. The smallest absolute Gasteiger partial charge is 0.270 e. The molecule has 1 aliphatic rings. The van der Waals surface area contributed by atoms with Crippen molar-refractivity contribution in [3.8, 4) is 5.75 Å². The SMILES string of the molecule is O=C1NC(Cc2ccc(O)cc2)C(=O)Nc2cc[nH]c21. The molecule has 102 valence electrons. The van der Waals surface area contributed by atoms with Gasteiger partial charge in [0.05, 0.1) is 5.69 Å². The monoisotopic (exact) mass is 271 g/mol. The largest absolute Gasteiger partial charge is 0.508 e. The first kappa shape index (κ1) is 12.3. The van der Waals surface area contributed by atoms with E-state index in [9.17, 15) is 14.7 Å². The highest BCUT2D eigenvalue weighted by Crippen LogP contribution is 2.18. The first-order chi connectivity index (χ1) is 9.63. The first-order valence-electron chi connectivity index (χ1n) is 6.20. The molecule has 1 aliphatic heterocycles. The van der Waals surface area contributed by atoms with E-state index in [1.807, 2.05) is 0 Å². The van der Waals surface area contributed by atoms with Crippen molar-refractivity contribution in [2.24, 2.45) is 0 Å². The topological polar surface area (TPSA) is 94.2 Å². The normalized spacial score (nSPS) is 17.9. The Bertz CT molecular complexity index is 661. The van der Waals surface area contributed by atoms with Gasteiger partial charge in [-0.05, 0) is 23.8 Å². The van der Waals surface area contributed by atoms with Crippen LogP contribution < -0.4 is 10.6 Å². The Morgan fingerprint density at radius 2 is 1.85 bits per heavy atom. The zero-order valence-electron chi connectivity index (χ0n) is 10.5. The van der Waals surface area contributed by atoms with Gasteiger partial charge < -0.3 is 20.7 Å². The molecule has 6 heteroatoms. The third kappa shape index (κ3) is 2.23. The van der Waals surface area contributed by atoms with E-state index in [4.69, 9.17) is 0 Å². The zero-order chi connectivity index (χ0) is 14.1. The first-order valence-corrected chi connectivity index (χ1v) is 6.20. The van der Waals surface area contributed by atoms with E-state index in [1.54, 1.807) is 36.5 Å². The molecule has 2 heterocycles. The van der Waals surface area contributed by atoms with Gasteiger partial charge in [0, 0.05) is 12.6 Å². The van der Waals surface area contributed by atoms with Crippen LogP contribution in [0.4, 0.5) is 5.69 Å². The Hall–Kier alpha value is -2.76. The molecule has 1 unspecified atom stereocenters. The van der Waals surface area contributed by atoms with Crippen LogP contribution in [0.5, 0.6) is 5.75 Å². The van der Waals surface area contributed by atoms with E-state index in [0.717, 1.165) is 5.56 Å². The number of phenols is 1. The lowest BCUT2D eigenvalue weighted by Crippen LogP contribution is -2.42. The molecule has 3 rings (SSSR count). The molecule has 0 aliphatic carbocycles. The van der Waals surface area contributed by atoms with Gasteiger partial charge in [0.15, 0.2) is 0 Å². The number of rotatable bonds is 2. The average Bonchev–Trinajstić information content (AvgIpc) is 2.84. The molecular formula is C14H13N3O3. The minimum absolute atomic E-state index is 0.165. The summed E-state index contributed by atoms with van der Waals surface area (Å²) in [5.74, 6) is -0.407. The summed E-state index contributed by atoms with van der Waals surface area (Å²) < 4.78 is 0. The molecule has 0 spiro atoms. The third-order valence-corrected chi connectivity index (χ3v) is 3.23. The maximum absolute atomic E-state index is 12.1. The summed E-state index contributed by atoms with van der Waals surface area (Å²) >= 11 is 0. The second-order valence-electron chi connectivity index (χ2n) is 4.65. The second kappa shape index (κ2) is 4.73. The Morgan fingerprint density at radius 1 is 1.10 bits per heavy atom. The van der Waals surface area contributed by atoms with Crippen molar-refractivity contribution in [1.82, 2.24) is 10.3 Å². The van der Waals surface area contributed by atoms with Gasteiger partial charge >= 0.3 is 0 Å². The highest BCUT2D eigenvalue weighted by Gasteiger charge is 2.28. The van der Waals surface area contributed by atoms with Crippen LogP contribution >= 0.6 is 0 Å². The lowest BCUT2D eigenvalue weighted by molar-refractivity contribution is -0.117. The van der Waals surface area contributed by atoms with Gasteiger partial charge in [-0.1, -0.05) is 12.1 Å². The average molecular weight is 271 g/mol. The minimum atomic E-state index is -0.646. The Balaban J connectivity index is 1.81. The Kier molecular flexibility index (Phi) is 2.90. The van der Waals surface area contributed by atoms with Gasteiger partial charge in [0.25, 0.3) is 5.91 Å². The van der Waals surface area contributed by atoms with E-state index >= 15 is 0 Å². The predicted octanol–water partition coefficient (Wildman–Crippen LogP) is 1.01. The number of anilines is 1. The summed E-state index contributed by atoms with van der Waals surface area (Å²) in [4.78, 5) is 26.9. The molecule has 1 aromatic carbocycles. The standard InChI is InChI=1S/C14H13N3O3/c18-9-3-1-8(2-4-9)7-11-13(19)16-10-5-6-15-12(10)14(20)17-11/h1-6,11,15,18H,7H2,(H,16,19)(H,17,20). The number of hydrogen-bond donors (Lipinski definition) is 4. The molecule has 0 bridgehead atoms.